The second kappa shape index (κ2) is 5.24. The lowest BCUT2D eigenvalue weighted by atomic mass is 10.0. The number of amides is 1. The molecule has 2 aromatic rings. The molecule has 21 heavy (non-hydrogen) atoms. The van der Waals surface area contributed by atoms with E-state index in [2.05, 4.69) is 15.6 Å². The molecule has 0 bridgehead atoms. The van der Waals surface area contributed by atoms with Crippen molar-refractivity contribution in [1.82, 2.24) is 4.98 Å². The van der Waals surface area contributed by atoms with Crippen molar-refractivity contribution in [2.24, 2.45) is 0 Å². The predicted octanol–water partition coefficient (Wildman–Crippen LogP) is 1.93. The SMILES string of the molecule is O=C(O)c1ccc(NC(=O)C2CNc3ccccc32)cn1. The Hall–Kier alpha value is -2.89. The summed E-state index contributed by atoms with van der Waals surface area (Å²) in [5.41, 5.74) is 2.36. The number of nitrogens with one attached hydrogen (secondary N) is 2. The summed E-state index contributed by atoms with van der Waals surface area (Å²) in [5, 5.41) is 14.7. The minimum Gasteiger partial charge on any atom is -0.477 e. The highest BCUT2D eigenvalue weighted by Gasteiger charge is 2.28. The van der Waals surface area contributed by atoms with E-state index in [1.807, 2.05) is 24.3 Å². The van der Waals surface area contributed by atoms with E-state index in [4.69, 9.17) is 5.11 Å². The molecular weight excluding hydrogens is 270 g/mol. The van der Waals surface area contributed by atoms with Crippen molar-refractivity contribution in [2.75, 3.05) is 17.2 Å². The van der Waals surface area contributed by atoms with Crippen molar-refractivity contribution >= 4 is 23.3 Å². The first-order valence-electron chi connectivity index (χ1n) is 6.48. The standard InChI is InChI=1S/C15H13N3O3/c19-14(11-8-17-12-4-2-1-3-10(11)12)18-9-5-6-13(15(20)21)16-7-9/h1-7,11,17H,8H2,(H,18,19)(H,20,21). The average Bonchev–Trinajstić information content (AvgIpc) is 2.92. The van der Waals surface area contributed by atoms with Crippen molar-refractivity contribution in [3.63, 3.8) is 0 Å². The van der Waals surface area contributed by atoms with Crippen LogP contribution in [0.4, 0.5) is 11.4 Å². The number of aromatic carboxylic acids is 1. The summed E-state index contributed by atoms with van der Waals surface area (Å²) < 4.78 is 0. The summed E-state index contributed by atoms with van der Waals surface area (Å²) in [5.74, 6) is -1.50. The molecule has 1 unspecified atom stereocenters. The predicted molar refractivity (Wildman–Crippen MR) is 77.5 cm³/mol. The summed E-state index contributed by atoms with van der Waals surface area (Å²) in [6.07, 6.45) is 1.34. The maximum atomic E-state index is 12.3. The minimum absolute atomic E-state index is 0.0547. The van der Waals surface area contributed by atoms with Crippen molar-refractivity contribution < 1.29 is 14.7 Å². The van der Waals surface area contributed by atoms with E-state index in [0.29, 0.717) is 12.2 Å². The third-order valence-corrected chi connectivity index (χ3v) is 3.40. The molecule has 3 N–H and O–H groups in total. The maximum absolute atomic E-state index is 12.3. The van der Waals surface area contributed by atoms with Crippen molar-refractivity contribution in [2.45, 2.75) is 5.92 Å². The van der Waals surface area contributed by atoms with Crippen LogP contribution in [-0.4, -0.2) is 28.5 Å². The Labute approximate surface area is 120 Å². The summed E-state index contributed by atoms with van der Waals surface area (Å²) in [6, 6.07) is 10.6. The van der Waals surface area contributed by atoms with Gasteiger partial charge in [0.15, 0.2) is 0 Å². The van der Waals surface area contributed by atoms with Gasteiger partial charge in [-0.05, 0) is 23.8 Å². The average molecular weight is 283 g/mol. The summed E-state index contributed by atoms with van der Waals surface area (Å²) in [6.45, 7) is 0.547. The van der Waals surface area contributed by atoms with Crippen LogP contribution in [0.3, 0.4) is 0 Å². The lowest BCUT2D eigenvalue weighted by molar-refractivity contribution is -0.117. The number of nitrogens with zero attached hydrogens (tertiary/aromatic N) is 1. The number of rotatable bonds is 3. The fraction of sp³-hybridized carbons (Fsp3) is 0.133. The van der Waals surface area contributed by atoms with Gasteiger partial charge in [0.1, 0.15) is 5.69 Å². The van der Waals surface area contributed by atoms with Gasteiger partial charge in [-0.3, -0.25) is 4.79 Å². The van der Waals surface area contributed by atoms with E-state index in [1.54, 1.807) is 0 Å². The number of carboxylic acid groups (broad SMARTS) is 1. The lowest BCUT2D eigenvalue weighted by Gasteiger charge is -2.11. The van der Waals surface area contributed by atoms with Gasteiger partial charge in [-0.2, -0.15) is 0 Å². The fourth-order valence-corrected chi connectivity index (χ4v) is 2.34. The first-order chi connectivity index (χ1) is 10.1. The van der Waals surface area contributed by atoms with Gasteiger partial charge in [0.2, 0.25) is 5.91 Å². The number of hydrogen-bond donors (Lipinski definition) is 3. The van der Waals surface area contributed by atoms with Crippen LogP contribution in [0.1, 0.15) is 22.0 Å². The van der Waals surface area contributed by atoms with Gasteiger partial charge < -0.3 is 15.7 Å². The molecule has 0 saturated heterocycles. The van der Waals surface area contributed by atoms with Crippen molar-refractivity contribution in [3.8, 4) is 0 Å². The molecule has 0 radical (unpaired) electrons. The third kappa shape index (κ3) is 2.55. The van der Waals surface area contributed by atoms with Gasteiger partial charge in [-0.25, -0.2) is 9.78 Å². The summed E-state index contributed by atoms with van der Waals surface area (Å²) in [4.78, 5) is 26.8. The quantitative estimate of drug-likeness (QED) is 0.800. The van der Waals surface area contributed by atoms with Gasteiger partial charge in [0.05, 0.1) is 17.8 Å². The Morgan fingerprint density at radius 1 is 1.24 bits per heavy atom. The molecule has 1 amide bonds. The van der Waals surface area contributed by atoms with Gasteiger partial charge in [-0.15, -0.1) is 0 Å². The summed E-state index contributed by atoms with van der Waals surface area (Å²) >= 11 is 0. The van der Waals surface area contributed by atoms with Crippen LogP contribution >= 0.6 is 0 Å². The normalized spacial score (nSPS) is 15.9. The molecule has 6 heteroatoms. The molecule has 6 nitrogen and oxygen atoms in total. The van der Waals surface area contributed by atoms with Crippen LogP contribution < -0.4 is 10.6 Å². The first-order valence-corrected chi connectivity index (χ1v) is 6.48. The molecule has 106 valence electrons. The Bertz CT molecular complexity index is 698. The zero-order valence-corrected chi connectivity index (χ0v) is 11.0. The lowest BCUT2D eigenvalue weighted by Crippen LogP contribution is -2.22. The monoisotopic (exact) mass is 283 g/mol. The first kappa shape index (κ1) is 13.1. The van der Waals surface area contributed by atoms with Crippen LogP contribution in [0.15, 0.2) is 42.6 Å². The third-order valence-electron chi connectivity index (χ3n) is 3.40. The molecule has 0 spiro atoms. The van der Waals surface area contributed by atoms with Crippen LogP contribution in [0.5, 0.6) is 0 Å². The number of carboxylic acids is 1. The van der Waals surface area contributed by atoms with E-state index >= 15 is 0 Å². The molecule has 0 aliphatic carbocycles. The molecule has 1 aliphatic heterocycles. The second-order valence-electron chi connectivity index (χ2n) is 4.75. The molecule has 2 heterocycles. The molecule has 1 aromatic carbocycles. The topological polar surface area (TPSA) is 91.3 Å². The highest BCUT2D eigenvalue weighted by atomic mass is 16.4. The van der Waals surface area contributed by atoms with Crippen LogP contribution in [0.2, 0.25) is 0 Å². The minimum atomic E-state index is -1.10. The van der Waals surface area contributed by atoms with Gasteiger partial charge >= 0.3 is 5.97 Å². The molecule has 1 atom stereocenters. The van der Waals surface area contributed by atoms with Gasteiger partial charge in [0, 0.05) is 12.2 Å². The summed E-state index contributed by atoms with van der Waals surface area (Å²) in [7, 11) is 0. The van der Waals surface area contributed by atoms with Crippen molar-refractivity contribution in [3.05, 3.63) is 53.9 Å². The maximum Gasteiger partial charge on any atom is 0.354 e. The molecule has 3 rings (SSSR count). The Morgan fingerprint density at radius 2 is 2.05 bits per heavy atom. The molecule has 1 aromatic heterocycles. The smallest absolute Gasteiger partial charge is 0.354 e. The number of hydrogen-bond acceptors (Lipinski definition) is 4. The highest BCUT2D eigenvalue weighted by Crippen LogP contribution is 2.31. The van der Waals surface area contributed by atoms with E-state index in [9.17, 15) is 9.59 Å². The van der Waals surface area contributed by atoms with Crippen LogP contribution in [0, 0.1) is 0 Å². The molecule has 0 saturated carbocycles. The zero-order valence-electron chi connectivity index (χ0n) is 11.0. The zero-order chi connectivity index (χ0) is 14.8. The number of para-hydroxylation sites is 1. The van der Waals surface area contributed by atoms with E-state index in [0.717, 1.165) is 11.3 Å². The Morgan fingerprint density at radius 3 is 2.76 bits per heavy atom. The number of carbonyl (C=O) groups excluding carboxylic acids is 1. The number of aromatic nitrogens is 1. The van der Waals surface area contributed by atoms with E-state index < -0.39 is 5.97 Å². The number of pyridine rings is 1. The number of fused-ring (bicyclic) bond motifs is 1. The molecule has 1 aliphatic rings. The van der Waals surface area contributed by atoms with E-state index in [1.165, 1.54) is 18.3 Å². The molecular formula is C15H13N3O3. The van der Waals surface area contributed by atoms with E-state index in [-0.39, 0.29) is 17.5 Å². The Balaban J connectivity index is 1.74. The van der Waals surface area contributed by atoms with Gasteiger partial charge in [0.25, 0.3) is 0 Å². The van der Waals surface area contributed by atoms with Crippen LogP contribution in [0.25, 0.3) is 0 Å². The number of carbonyl (C=O) groups is 2. The highest BCUT2D eigenvalue weighted by molar-refractivity contribution is 5.98. The fourth-order valence-electron chi connectivity index (χ4n) is 2.34. The second-order valence-corrected chi connectivity index (χ2v) is 4.75. The number of anilines is 2. The van der Waals surface area contributed by atoms with Gasteiger partial charge in [-0.1, -0.05) is 18.2 Å². The Kier molecular flexibility index (Phi) is 3.27. The van der Waals surface area contributed by atoms with Crippen molar-refractivity contribution in [1.29, 1.82) is 0 Å². The molecule has 0 fully saturated rings. The van der Waals surface area contributed by atoms with Crippen LogP contribution in [-0.2, 0) is 4.79 Å². The largest absolute Gasteiger partial charge is 0.477 e. The number of benzene rings is 1.